The van der Waals surface area contributed by atoms with Gasteiger partial charge in [-0.2, -0.15) is 5.10 Å². The van der Waals surface area contributed by atoms with E-state index in [0.717, 1.165) is 17.3 Å². The van der Waals surface area contributed by atoms with Crippen molar-refractivity contribution in [3.8, 4) is 17.0 Å². The van der Waals surface area contributed by atoms with E-state index in [4.69, 9.17) is 14.7 Å². The Morgan fingerprint density at radius 3 is 2.62 bits per heavy atom. The lowest BCUT2D eigenvalue weighted by molar-refractivity contribution is -0.154. The summed E-state index contributed by atoms with van der Waals surface area (Å²) in [6.45, 7) is 5.01. The third-order valence-electron chi connectivity index (χ3n) is 7.21. The summed E-state index contributed by atoms with van der Waals surface area (Å²) in [6.07, 6.45) is 5.09. The maximum atomic E-state index is 14.1. The Hall–Kier alpha value is -3.64. The van der Waals surface area contributed by atoms with E-state index < -0.39 is 29.7 Å². The third kappa shape index (κ3) is 5.57. The van der Waals surface area contributed by atoms with Gasteiger partial charge in [0.2, 0.25) is 0 Å². The predicted octanol–water partition coefficient (Wildman–Crippen LogP) is 2.31. The molecule has 0 saturated carbocycles. The Morgan fingerprint density at radius 2 is 1.95 bits per heavy atom. The van der Waals surface area contributed by atoms with Crippen LogP contribution in [0.25, 0.3) is 11.3 Å². The fourth-order valence-corrected chi connectivity index (χ4v) is 4.91. The van der Waals surface area contributed by atoms with Gasteiger partial charge in [0.1, 0.15) is 17.6 Å². The first-order valence-electron chi connectivity index (χ1n) is 13.1. The zero-order valence-corrected chi connectivity index (χ0v) is 22.0. The number of hydrogen-bond acceptors (Lipinski definition) is 8. The van der Waals surface area contributed by atoms with Crippen molar-refractivity contribution in [1.29, 1.82) is 0 Å². The first-order chi connectivity index (χ1) is 18.7. The van der Waals surface area contributed by atoms with E-state index in [1.165, 1.54) is 24.0 Å². The van der Waals surface area contributed by atoms with Crippen molar-refractivity contribution in [2.24, 2.45) is 0 Å². The van der Waals surface area contributed by atoms with Crippen LogP contribution in [0.5, 0.6) is 5.75 Å². The van der Waals surface area contributed by atoms with Crippen molar-refractivity contribution in [2.45, 2.75) is 57.9 Å². The highest BCUT2D eigenvalue weighted by Gasteiger charge is 2.36. The molecule has 12 heteroatoms. The molecular formula is C27H32F2N6O4. The van der Waals surface area contributed by atoms with Gasteiger partial charge in [-0.3, -0.25) is 9.48 Å². The third-order valence-corrected chi connectivity index (χ3v) is 7.21. The number of aryl methyl sites for hydroxylation is 1. The molecule has 0 aliphatic carbocycles. The van der Waals surface area contributed by atoms with Gasteiger partial charge < -0.3 is 24.7 Å². The monoisotopic (exact) mass is 542 g/mol. The smallest absolute Gasteiger partial charge is 0.257 e. The number of nitrogens with zero attached hydrogens (tertiary/aromatic N) is 6. The number of rotatable bonds is 7. The lowest BCUT2D eigenvalue weighted by atomic mass is 10.0. The number of benzene rings is 1. The molecule has 208 valence electrons. The molecule has 2 aromatic heterocycles. The van der Waals surface area contributed by atoms with Crippen LogP contribution in [0, 0.1) is 11.6 Å². The van der Waals surface area contributed by atoms with E-state index in [0.29, 0.717) is 62.6 Å². The molecule has 1 atom stereocenters. The molecule has 10 nitrogen and oxygen atoms in total. The number of carbonyl (C=O) groups excluding carboxylic acids is 1. The molecular weight excluding hydrogens is 510 g/mol. The van der Waals surface area contributed by atoms with Gasteiger partial charge in [0, 0.05) is 63.3 Å². The second-order valence-corrected chi connectivity index (χ2v) is 10.2. The number of anilines is 1. The van der Waals surface area contributed by atoms with E-state index in [2.05, 4.69) is 10.00 Å². The summed E-state index contributed by atoms with van der Waals surface area (Å²) >= 11 is 0. The molecule has 39 heavy (non-hydrogen) atoms. The standard InChI is InChI=1S/C27H32F2N6O4/c1-3-35-14-17(13-30-35)24-25(32-21-8-11-34(15-22(21)31-24)26(37)27(2,38)16-36)33-9-6-19(7-10-33)39-23-5-4-18(28)12-20(23)29/h4-5,12-14,19,36,38H,3,6-11,15-16H2,1-2H3. The van der Waals surface area contributed by atoms with Gasteiger partial charge in [-0.25, -0.2) is 18.7 Å². The van der Waals surface area contributed by atoms with Crippen LogP contribution in [0.1, 0.15) is 38.1 Å². The molecule has 5 rings (SSSR count). The van der Waals surface area contributed by atoms with Crippen LogP contribution in [-0.2, 0) is 24.3 Å². The predicted molar refractivity (Wildman–Crippen MR) is 138 cm³/mol. The zero-order valence-electron chi connectivity index (χ0n) is 22.0. The lowest BCUT2D eigenvalue weighted by Crippen LogP contribution is -2.51. The fraction of sp³-hybridized carbons (Fsp3) is 0.481. The molecule has 0 spiro atoms. The number of halogens is 2. The minimum absolute atomic E-state index is 0.0374. The highest BCUT2D eigenvalue weighted by molar-refractivity contribution is 5.85. The minimum Gasteiger partial charge on any atom is -0.487 e. The second-order valence-electron chi connectivity index (χ2n) is 10.2. The summed E-state index contributed by atoms with van der Waals surface area (Å²) in [6, 6.07) is 3.30. The number of aromatic nitrogens is 4. The molecule has 1 unspecified atom stereocenters. The topological polar surface area (TPSA) is 117 Å². The molecule has 2 aliphatic rings. The average molecular weight is 543 g/mol. The summed E-state index contributed by atoms with van der Waals surface area (Å²) in [5.74, 6) is -1.18. The lowest BCUT2D eigenvalue weighted by Gasteiger charge is -2.36. The number of carbonyl (C=O) groups is 1. The minimum atomic E-state index is -1.86. The number of fused-ring (bicyclic) bond motifs is 1. The van der Waals surface area contributed by atoms with Gasteiger partial charge in [-0.05, 0) is 26.0 Å². The fourth-order valence-electron chi connectivity index (χ4n) is 4.91. The molecule has 2 N–H and O–H groups in total. The zero-order chi connectivity index (χ0) is 27.7. The van der Waals surface area contributed by atoms with E-state index in [1.54, 1.807) is 10.9 Å². The van der Waals surface area contributed by atoms with Crippen LogP contribution < -0.4 is 9.64 Å². The van der Waals surface area contributed by atoms with Crippen molar-refractivity contribution in [3.05, 3.63) is 53.6 Å². The summed E-state index contributed by atoms with van der Waals surface area (Å²) in [7, 11) is 0. The van der Waals surface area contributed by atoms with Crippen LogP contribution in [0.4, 0.5) is 14.6 Å². The van der Waals surface area contributed by atoms with Crippen molar-refractivity contribution >= 4 is 11.7 Å². The summed E-state index contributed by atoms with van der Waals surface area (Å²) in [4.78, 5) is 26.3. The molecule has 1 aromatic carbocycles. The van der Waals surface area contributed by atoms with Crippen molar-refractivity contribution in [1.82, 2.24) is 24.6 Å². The molecule has 1 fully saturated rings. The average Bonchev–Trinajstić information content (AvgIpc) is 3.43. The summed E-state index contributed by atoms with van der Waals surface area (Å²) < 4.78 is 35.0. The van der Waals surface area contributed by atoms with Gasteiger partial charge in [0.25, 0.3) is 5.91 Å². The van der Waals surface area contributed by atoms with Crippen LogP contribution >= 0.6 is 0 Å². The first-order valence-corrected chi connectivity index (χ1v) is 13.1. The Balaban J connectivity index is 1.39. The van der Waals surface area contributed by atoms with Gasteiger partial charge in [-0.15, -0.1) is 0 Å². The largest absolute Gasteiger partial charge is 0.487 e. The Kier molecular flexibility index (Phi) is 7.50. The van der Waals surface area contributed by atoms with Gasteiger partial charge in [-0.1, -0.05) is 0 Å². The first kappa shape index (κ1) is 26.9. The quantitative estimate of drug-likeness (QED) is 0.467. The Morgan fingerprint density at radius 1 is 1.18 bits per heavy atom. The summed E-state index contributed by atoms with van der Waals surface area (Å²) in [5.41, 5.74) is 0.979. The molecule has 1 saturated heterocycles. The molecule has 4 heterocycles. The number of piperidine rings is 1. The normalized spacial score (nSPS) is 17.6. The van der Waals surface area contributed by atoms with Crippen LogP contribution in [0.15, 0.2) is 30.6 Å². The number of ether oxygens (including phenoxy) is 1. The number of hydrogen-bond donors (Lipinski definition) is 2. The van der Waals surface area contributed by atoms with Crippen molar-refractivity contribution < 1.29 is 28.5 Å². The second kappa shape index (κ2) is 10.9. The van der Waals surface area contributed by atoms with Gasteiger partial charge >= 0.3 is 0 Å². The summed E-state index contributed by atoms with van der Waals surface area (Å²) in [5, 5.41) is 24.1. The maximum absolute atomic E-state index is 14.1. The van der Waals surface area contributed by atoms with Gasteiger partial charge in [0.15, 0.2) is 23.0 Å². The highest BCUT2D eigenvalue weighted by Crippen LogP contribution is 2.33. The van der Waals surface area contributed by atoms with Crippen LogP contribution in [-0.4, -0.2) is 78.7 Å². The van der Waals surface area contributed by atoms with Gasteiger partial charge in [0.05, 0.1) is 30.7 Å². The number of amides is 1. The number of aliphatic hydroxyl groups is 2. The van der Waals surface area contributed by atoms with E-state index in [9.17, 15) is 23.8 Å². The van der Waals surface area contributed by atoms with E-state index >= 15 is 0 Å². The molecule has 3 aromatic rings. The van der Waals surface area contributed by atoms with E-state index in [1.807, 2.05) is 13.1 Å². The molecule has 1 amide bonds. The van der Waals surface area contributed by atoms with E-state index in [-0.39, 0.29) is 18.4 Å². The molecule has 0 radical (unpaired) electrons. The molecule has 0 bridgehead atoms. The Labute approximate surface area is 224 Å². The molecule has 2 aliphatic heterocycles. The van der Waals surface area contributed by atoms with Crippen molar-refractivity contribution in [3.63, 3.8) is 0 Å². The number of aliphatic hydroxyl groups excluding tert-OH is 1. The highest BCUT2D eigenvalue weighted by atomic mass is 19.1. The maximum Gasteiger partial charge on any atom is 0.257 e. The van der Waals surface area contributed by atoms with Crippen LogP contribution in [0.3, 0.4) is 0 Å². The van der Waals surface area contributed by atoms with Crippen molar-refractivity contribution in [2.75, 3.05) is 31.1 Å². The Bertz CT molecular complexity index is 1360. The SMILES string of the molecule is CCn1cc(-c2nc3c(nc2N2CCC(Oc4ccc(F)cc4F)CC2)CCN(C(=O)C(C)(O)CO)C3)cn1. The van der Waals surface area contributed by atoms with Crippen LogP contribution in [0.2, 0.25) is 0 Å².